The zero-order valence-electron chi connectivity index (χ0n) is 22.5. The Bertz CT molecular complexity index is 1360. The third-order valence-corrected chi connectivity index (χ3v) is 10.1. The van der Waals surface area contributed by atoms with Crippen LogP contribution in [0.2, 0.25) is 0 Å². The molecule has 0 bridgehead atoms. The Kier molecular flexibility index (Phi) is 9.38. The number of carbonyl (C=O) groups is 1. The van der Waals surface area contributed by atoms with Crippen molar-refractivity contribution in [1.29, 1.82) is 0 Å². The van der Waals surface area contributed by atoms with Crippen molar-refractivity contribution in [2.75, 3.05) is 52.3 Å². The molecule has 0 saturated heterocycles. The van der Waals surface area contributed by atoms with Gasteiger partial charge in [0.15, 0.2) is 16.6 Å². The molecule has 39 heavy (non-hydrogen) atoms. The highest BCUT2D eigenvalue weighted by Gasteiger charge is 2.30. The molecule has 212 valence electrons. The lowest BCUT2D eigenvalue weighted by Gasteiger charge is -2.30. The first-order valence-electron chi connectivity index (χ1n) is 13.0. The molecule has 1 amide bonds. The van der Waals surface area contributed by atoms with E-state index in [-0.39, 0.29) is 29.3 Å². The predicted octanol–water partition coefficient (Wildman–Crippen LogP) is 4.65. The Morgan fingerprint density at radius 3 is 2.26 bits per heavy atom. The Hall–Kier alpha value is -2.44. The molecule has 2 heterocycles. The number of sulfonamides is 1. The van der Waals surface area contributed by atoms with E-state index >= 15 is 0 Å². The normalized spacial score (nSPS) is 15.9. The van der Waals surface area contributed by atoms with Crippen LogP contribution in [-0.2, 0) is 10.0 Å². The highest BCUT2D eigenvalue weighted by Crippen LogP contribution is 2.39. The van der Waals surface area contributed by atoms with Crippen molar-refractivity contribution < 1.29 is 22.7 Å². The van der Waals surface area contributed by atoms with Crippen LogP contribution in [0.4, 0.5) is 5.13 Å². The molecule has 0 spiro atoms. The molecule has 0 atom stereocenters. The summed E-state index contributed by atoms with van der Waals surface area (Å²) in [6.45, 7) is 2.07. The number of likely N-dealkylation sites (N-methyl/N-ethyl adjacent to an activating group) is 1. The molecular formula is C27H35ClN4O5S2. The smallest absolute Gasteiger partial charge is 0.260 e. The summed E-state index contributed by atoms with van der Waals surface area (Å²) >= 11 is 1.42. The number of ether oxygens (including phenoxy) is 2. The summed E-state index contributed by atoms with van der Waals surface area (Å²) in [6, 6.07) is 10.0. The number of thiazole rings is 1. The van der Waals surface area contributed by atoms with Gasteiger partial charge in [0.25, 0.3) is 5.91 Å². The molecule has 2 aliphatic rings. The van der Waals surface area contributed by atoms with E-state index in [1.165, 1.54) is 27.8 Å². The number of aromatic nitrogens is 1. The lowest BCUT2D eigenvalue weighted by atomic mass is 9.96. The average molecular weight is 595 g/mol. The van der Waals surface area contributed by atoms with E-state index in [1.807, 2.05) is 31.1 Å². The van der Waals surface area contributed by atoms with Gasteiger partial charge in [-0.1, -0.05) is 30.6 Å². The molecule has 0 unspecified atom stereocenters. The highest BCUT2D eigenvalue weighted by molar-refractivity contribution is 7.89. The molecule has 1 fully saturated rings. The summed E-state index contributed by atoms with van der Waals surface area (Å²) < 4.78 is 40.3. The summed E-state index contributed by atoms with van der Waals surface area (Å²) in [5, 5.41) is 0.572. The first-order chi connectivity index (χ1) is 18.2. The lowest BCUT2D eigenvalue weighted by Crippen LogP contribution is -2.38. The minimum atomic E-state index is -3.63. The topological polar surface area (TPSA) is 92.3 Å². The fourth-order valence-corrected chi connectivity index (χ4v) is 7.30. The molecular weight excluding hydrogens is 560 g/mol. The van der Waals surface area contributed by atoms with E-state index in [0.29, 0.717) is 48.5 Å². The number of halogens is 1. The van der Waals surface area contributed by atoms with E-state index in [9.17, 15) is 13.2 Å². The molecule has 2 aromatic carbocycles. The minimum absolute atomic E-state index is 0. The maximum absolute atomic E-state index is 13.7. The van der Waals surface area contributed by atoms with Crippen molar-refractivity contribution in [3.8, 4) is 11.5 Å². The van der Waals surface area contributed by atoms with Gasteiger partial charge < -0.3 is 14.4 Å². The van der Waals surface area contributed by atoms with Crippen LogP contribution >= 0.6 is 23.7 Å². The third-order valence-electron chi connectivity index (χ3n) is 7.16. The van der Waals surface area contributed by atoms with Crippen molar-refractivity contribution in [1.82, 2.24) is 14.2 Å². The Labute approximate surface area is 240 Å². The van der Waals surface area contributed by atoms with Crippen molar-refractivity contribution in [2.45, 2.75) is 43.0 Å². The van der Waals surface area contributed by atoms with E-state index in [4.69, 9.17) is 14.5 Å². The van der Waals surface area contributed by atoms with E-state index in [0.717, 1.165) is 42.3 Å². The second-order valence-electron chi connectivity index (χ2n) is 10.1. The standard InChI is InChI=1S/C27H34N4O5S2.ClH/c1-29(2)13-14-31(27-28-22-17-23-24(18-25(22)37-27)36-16-15-35-23)26(32)19-9-11-21(12-10-19)38(33,34)30(3)20-7-5-4-6-8-20;/h9-12,17-18,20H,4-8,13-16H2,1-3H3;1H. The van der Waals surface area contributed by atoms with Crippen LogP contribution in [0.1, 0.15) is 42.5 Å². The van der Waals surface area contributed by atoms with Crippen LogP contribution in [0.5, 0.6) is 11.5 Å². The summed E-state index contributed by atoms with van der Waals surface area (Å²) in [4.78, 5) is 22.3. The van der Waals surface area contributed by atoms with Crippen LogP contribution in [0.3, 0.4) is 0 Å². The van der Waals surface area contributed by atoms with E-state index < -0.39 is 10.0 Å². The maximum Gasteiger partial charge on any atom is 0.260 e. The van der Waals surface area contributed by atoms with Gasteiger partial charge in [0, 0.05) is 43.9 Å². The number of amides is 1. The van der Waals surface area contributed by atoms with Gasteiger partial charge in [-0.3, -0.25) is 9.69 Å². The SMILES string of the molecule is CN(C)CCN(C(=O)c1ccc(S(=O)(=O)N(C)C2CCCCC2)cc1)c1nc2cc3c(cc2s1)OCCO3.Cl. The molecule has 1 aliphatic carbocycles. The number of hydrogen-bond acceptors (Lipinski definition) is 8. The average Bonchev–Trinajstić information content (AvgIpc) is 3.34. The fourth-order valence-electron chi connectivity index (χ4n) is 4.88. The molecule has 0 N–H and O–H groups in total. The number of fused-ring (bicyclic) bond motifs is 2. The third kappa shape index (κ3) is 6.33. The molecule has 12 heteroatoms. The van der Waals surface area contributed by atoms with Gasteiger partial charge in [-0.2, -0.15) is 4.31 Å². The van der Waals surface area contributed by atoms with Crippen LogP contribution in [0.25, 0.3) is 10.2 Å². The second-order valence-corrected chi connectivity index (χ2v) is 13.1. The second kappa shape index (κ2) is 12.4. The Balaban J connectivity index is 0.00000353. The number of benzene rings is 2. The monoisotopic (exact) mass is 594 g/mol. The summed E-state index contributed by atoms with van der Waals surface area (Å²) in [6.07, 6.45) is 5.03. The van der Waals surface area contributed by atoms with Gasteiger partial charge in [-0.25, -0.2) is 13.4 Å². The largest absolute Gasteiger partial charge is 0.486 e. The van der Waals surface area contributed by atoms with Crippen molar-refractivity contribution in [3.05, 3.63) is 42.0 Å². The van der Waals surface area contributed by atoms with Gasteiger partial charge in [0.05, 0.1) is 15.1 Å². The first-order valence-corrected chi connectivity index (χ1v) is 15.2. The maximum atomic E-state index is 13.7. The van der Waals surface area contributed by atoms with Crippen molar-refractivity contribution >= 4 is 55.0 Å². The van der Waals surface area contributed by atoms with Gasteiger partial charge in [-0.15, -0.1) is 12.4 Å². The summed E-state index contributed by atoms with van der Waals surface area (Å²) in [5.74, 6) is 1.11. The number of rotatable bonds is 8. The summed E-state index contributed by atoms with van der Waals surface area (Å²) in [5.41, 5.74) is 1.15. The molecule has 0 radical (unpaired) electrons. The Morgan fingerprint density at radius 2 is 1.62 bits per heavy atom. The molecule has 1 saturated carbocycles. The van der Waals surface area contributed by atoms with E-state index in [1.54, 1.807) is 24.1 Å². The molecule has 1 aliphatic heterocycles. The van der Waals surface area contributed by atoms with E-state index in [2.05, 4.69) is 0 Å². The highest BCUT2D eigenvalue weighted by atomic mass is 35.5. The van der Waals surface area contributed by atoms with Gasteiger partial charge in [0.1, 0.15) is 13.2 Å². The number of nitrogens with zero attached hydrogens (tertiary/aromatic N) is 4. The minimum Gasteiger partial charge on any atom is -0.486 e. The van der Waals surface area contributed by atoms with Gasteiger partial charge >= 0.3 is 0 Å². The zero-order chi connectivity index (χ0) is 26.9. The molecule has 9 nitrogen and oxygen atoms in total. The quantitative estimate of drug-likeness (QED) is 0.375. The predicted molar refractivity (Wildman–Crippen MR) is 156 cm³/mol. The molecule has 5 rings (SSSR count). The fraction of sp³-hybridized carbons (Fsp3) is 0.481. The Morgan fingerprint density at radius 1 is 0.974 bits per heavy atom. The van der Waals surface area contributed by atoms with Crippen LogP contribution in [0, 0.1) is 0 Å². The summed E-state index contributed by atoms with van der Waals surface area (Å²) in [7, 11) is 1.93. The van der Waals surface area contributed by atoms with Crippen LogP contribution in [-0.4, -0.2) is 82.0 Å². The molecule has 1 aromatic heterocycles. The number of carbonyl (C=O) groups excluding carboxylic acids is 1. The van der Waals surface area contributed by atoms with Crippen molar-refractivity contribution in [2.24, 2.45) is 0 Å². The number of hydrogen-bond donors (Lipinski definition) is 0. The zero-order valence-corrected chi connectivity index (χ0v) is 24.9. The van der Waals surface area contributed by atoms with Crippen molar-refractivity contribution in [3.63, 3.8) is 0 Å². The van der Waals surface area contributed by atoms with Gasteiger partial charge in [-0.05, 0) is 51.2 Å². The lowest BCUT2D eigenvalue weighted by molar-refractivity contribution is 0.0985. The molecule has 3 aromatic rings. The first kappa shape index (κ1) is 29.5. The van der Waals surface area contributed by atoms with Crippen LogP contribution < -0.4 is 14.4 Å². The van der Waals surface area contributed by atoms with Crippen LogP contribution in [0.15, 0.2) is 41.3 Å². The number of anilines is 1. The van der Waals surface area contributed by atoms with Gasteiger partial charge in [0.2, 0.25) is 10.0 Å².